The molecule has 0 saturated heterocycles. The quantitative estimate of drug-likeness (QED) is 0.770. The molecule has 0 atom stereocenters. The van der Waals surface area contributed by atoms with Gasteiger partial charge in [0.25, 0.3) is 0 Å². The smallest absolute Gasteiger partial charge is 0.335 e. The van der Waals surface area contributed by atoms with Crippen molar-refractivity contribution in [2.75, 3.05) is 0 Å². The van der Waals surface area contributed by atoms with Gasteiger partial charge < -0.3 is 5.11 Å². The summed E-state index contributed by atoms with van der Waals surface area (Å²) in [6.45, 7) is 12.8. The molecule has 0 unspecified atom stereocenters. The molecule has 120 valence electrons. The van der Waals surface area contributed by atoms with E-state index in [0.717, 1.165) is 11.1 Å². The van der Waals surface area contributed by atoms with Crippen molar-refractivity contribution in [3.63, 3.8) is 0 Å². The number of rotatable bonds is 3. The highest BCUT2D eigenvalue weighted by Gasteiger charge is 2.10. The molecule has 2 rings (SSSR count). The minimum Gasteiger partial charge on any atom is -0.478 e. The number of benzene rings is 2. The minimum absolute atomic E-state index is 0.319. The summed E-state index contributed by atoms with van der Waals surface area (Å²) in [6, 6.07) is 5.23. The fourth-order valence-electron chi connectivity index (χ4n) is 2.91. The summed E-state index contributed by atoms with van der Waals surface area (Å²) in [4.78, 5) is 11.1. The summed E-state index contributed by atoms with van der Waals surface area (Å²) < 4.78 is 0. The fraction of sp³-hybridized carbons (Fsp3) is 0.286. The molecule has 0 aliphatic heterocycles. The topological polar surface area (TPSA) is 37.3 Å². The van der Waals surface area contributed by atoms with Gasteiger partial charge in [0.15, 0.2) is 0 Å². The summed E-state index contributed by atoms with van der Waals surface area (Å²) >= 11 is 0. The average Bonchev–Trinajstić information content (AvgIpc) is 2.52. The van der Waals surface area contributed by atoms with E-state index in [1.165, 1.54) is 33.4 Å². The largest absolute Gasteiger partial charge is 0.478 e. The van der Waals surface area contributed by atoms with Gasteiger partial charge in [0.2, 0.25) is 0 Å². The average molecular weight is 308 g/mol. The summed E-state index contributed by atoms with van der Waals surface area (Å²) in [5.41, 5.74) is 10.1. The molecular weight excluding hydrogens is 284 g/mol. The zero-order valence-electron chi connectivity index (χ0n) is 14.7. The van der Waals surface area contributed by atoms with Gasteiger partial charge in [-0.2, -0.15) is 0 Å². The number of carbonyl (C=O) groups is 1. The second-order valence-corrected chi connectivity index (χ2v) is 6.25. The summed E-state index contributed by atoms with van der Waals surface area (Å²) in [5, 5.41) is 9.15. The van der Waals surface area contributed by atoms with E-state index in [4.69, 9.17) is 5.11 Å². The maximum Gasteiger partial charge on any atom is 0.335 e. The molecule has 0 amide bonds. The number of carboxylic acid groups (broad SMARTS) is 1. The third kappa shape index (κ3) is 3.21. The molecular formula is C21H24O2. The lowest BCUT2D eigenvalue weighted by atomic mass is 9.89. The van der Waals surface area contributed by atoms with Crippen molar-refractivity contribution in [3.8, 4) is 0 Å². The second-order valence-electron chi connectivity index (χ2n) is 6.25. The lowest BCUT2D eigenvalue weighted by Crippen LogP contribution is -1.99. The van der Waals surface area contributed by atoms with Gasteiger partial charge in [-0.25, -0.2) is 4.79 Å². The van der Waals surface area contributed by atoms with Crippen molar-refractivity contribution in [1.29, 1.82) is 0 Å². The first-order valence-corrected chi connectivity index (χ1v) is 7.83. The van der Waals surface area contributed by atoms with Crippen molar-refractivity contribution in [1.82, 2.24) is 0 Å². The summed E-state index contributed by atoms with van der Waals surface area (Å²) in [5.74, 6) is -0.894. The van der Waals surface area contributed by atoms with Crippen LogP contribution in [0, 0.1) is 41.5 Å². The number of hydrogen-bond acceptors (Lipinski definition) is 1. The van der Waals surface area contributed by atoms with Crippen LogP contribution in [0.1, 0.15) is 54.9 Å². The molecule has 0 heterocycles. The molecule has 0 aliphatic rings. The minimum atomic E-state index is -0.894. The van der Waals surface area contributed by atoms with E-state index < -0.39 is 5.97 Å². The second kappa shape index (κ2) is 6.41. The SMILES string of the molecule is Cc1ccc(C(=O)O)cc1/C=C/c1c(C)c(C)c(C)c(C)c1C. The molecule has 2 nitrogen and oxygen atoms in total. The van der Waals surface area contributed by atoms with E-state index in [1.807, 2.05) is 19.1 Å². The zero-order chi connectivity index (χ0) is 17.3. The van der Waals surface area contributed by atoms with Crippen molar-refractivity contribution < 1.29 is 9.90 Å². The van der Waals surface area contributed by atoms with Gasteiger partial charge in [0.05, 0.1) is 5.56 Å². The highest BCUT2D eigenvalue weighted by Crippen LogP contribution is 2.28. The van der Waals surface area contributed by atoms with Crippen LogP contribution in [0.4, 0.5) is 0 Å². The standard InChI is InChI=1S/C21H24O2/c1-12-7-8-19(21(22)23)11-18(12)9-10-20-16(5)14(3)13(2)15(4)17(20)6/h7-11H,1-6H3,(H,22,23)/b10-9+. The van der Waals surface area contributed by atoms with Crippen LogP contribution in [0.25, 0.3) is 12.2 Å². The first kappa shape index (κ1) is 17.0. The first-order chi connectivity index (χ1) is 10.7. The van der Waals surface area contributed by atoms with Crippen LogP contribution in [0.2, 0.25) is 0 Å². The predicted octanol–water partition coefficient (Wildman–Crippen LogP) is 5.41. The number of aryl methyl sites for hydroxylation is 1. The van der Waals surface area contributed by atoms with Gasteiger partial charge in [-0.1, -0.05) is 18.2 Å². The first-order valence-electron chi connectivity index (χ1n) is 7.83. The normalized spacial score (nSPS) is 11.2. The molecule has 0 saturated carbocycles. The van der Waals surface area contributed by atoms with Crippen LogP contribution in [0.5, 0.6) is 0 Å². The number of carboxylic acids is 1. The molecule has 0 spiro atoms. The zero-order valence-corrected chi connectivity index (χ0v) is 14.7. The molecule has 2 aromatic carbocycles. The van der Waals surface area contributed by atoms with Crippen molar-refractivity contribution in [2.24, 2.45) is 0 Å². The van der Waals surface area contributed by atoms with Crippen molar-refractivity contribution in [2.45, 2.75) is 41.5 Å². The lowest BCUT2D eigenvalue weighted by Gasteiger charge is -2.16. The highest BCUT2D eigenvalue weighted by molar-refractivity contribution is 5.89. The Labute approximate surface area is 138 Å². The highest BCUT2D eigenvalue weighted by atomic mass is 16.4. The van der Waals surface area contributed by atoms with Gasteiger partial charge in [0, 0.05) is 0 Å². The predicted molar refractivity (Wildman–Crippen MR) is 97.2 cm³/mol. The van der Waals surface area contributed by atoms with Gasteiger partial charge in [-0.05, 0) is 98.2 Å². The molecule has 23 heavy (non-hydrogen) atoms. The van der Waals surface area contributed by atoms with Crippen LogP contribution >= 0.6 is 0 Å². The Morgan fingerprint density at radius 2 is 1.35 bits per heavy atom. The summed E-state index contributed by atoms with van der Waals surface area (Å²) in [6.07, 6.45) is 4.13. The van der Waals surface area contributed by atoms with Crippen molar-refractivity contribution >= 4 is 18.1 Å². The third-order valence-electron chi connectivity index (χ3n) is 5.01. The lowest BCUT2D eigenvalue weighted by molar-refractivity contribution is 0.0697. The molecule has 0 aliphatic carbocycles. The molecule has 0 fully saturated rings. The molecule has 2 heteroatoms. The van der Waals surface area contributed by atoms with Gasteiger partial charge >= 0.3 is 5.97 Å². The Kier molecular flexibility index (Phi) is 4.74. The van der Waals surface area contributed by atoms with Crippen LogP contribution in [-0.2, 0) is 0 Å². The third-order valence-corrected chi connectivity index (χ3v) is 5.01. The number of aromatic carboxylic acids is 1. The Morgan fingerprint density at radius 3 is 1.87 bits per heavy atom. The van der Waals surface area contributed by atoms with Crippen LogP contribution in [-0.4, -0.2) is 11.1 Å². The fourth-order valence-corrected chi connectivity index (χ4v) is 2.91. The Balaban J connectivity index is 2.54. The van der Waals surface area contributed by atoms with Crippen molar-refractivity contribution in [3.05, 3.63) is 68.3 Å². The van der Waals surface area contributed by atoms with Crippen LogP contribution < -0.4 is 0 Å². The molecule has 2 aromatic rings. The van der Waals surface area contributed by atoms with E-state index >= 15 is 0 Å². The van der Waals surface area contributed by atoms with Crippen LogP contribution in [0.3, 0.4) is 0 Å². The van der Waals surface area contributed by atoms with E-state index in [0.29, 0.717) is 5.56 Å². The van der Waals surface area contributed by atoms with Gasteiger partial charge in [-0.15, -0.1) is 0 Å². The van der Waals surface area contributed by atoms with Gasteiger partial charge in [-0.3, -0.25) is 0 Å². The van der Waals surface area contributed by atoms with Gasteiger partial charge in [0.1, 0.15) is 0 Å². The van der Waals surface area contributed by atoms with E-state index in [1.54, 1.807) is 12.1 Å². The molecule has 0 bridgehead atoms. The summed E-state index contributed by atoms with van der Waals surface area (Å²) in [7, 11) is 0. The Morgan fingerprint density at radius 1 is 0.826 bits per heavy atom. The number of hydrogen-bond donors (Lipinski definition) is 1. The molecule has 1 N–H and O–H groups in total. The van der Waals surface area contributed by atoms with E-state index in [9.17, 15) is 4.79 Å². The maximum absolute atomic E-state index is 11.1. The maximum atomic E-state index is 11.1. The monoisotopic (exact) mass is 308 g/mol. The Bertz CT molecular complexity index is 782. The van der Waals surface area contributed by atoms with E-state index in [-0.39, 0.29) is 0 Å². The molecule has 0 aromatic heterocycles. The van der Waals surface area contributed by atoms with Crippen LogP contribution in [0.15, 0.2) is 18.2 Å². The van der Waals surface area contributed by atoms with E-state index in [2.05, 4.69) is 40.7 Å². The molecule has 0 radical (unpaired) electrons. The Hall–Kier alpha value is -2.35.